The summed E-state index contributed by atoms with van der Waals surface area (Å²) < 4.78 is 0. The predicted molar refractivity (Wildman–Crippen MR) is 59.7 cm³/mol. The average Bonchev–Trinajstić information content (AvgIpc) is 2.81. The number of hydroxylamine groups is 2. The molecule has 1 aromatic carbocycles. The van der Waals surface area contributed by atoms with E-state index in [1.807, 2.05) is 0 Å². The Morgan fingerprint density at radius 3 is 2.88 bits per heavy atom. The van der Waals surface area contributed by atoms with Crippen LogP contribution in [0.25, 0.3) is 0 Å². The van der Waals surface area contributed by atoms with Crippen LogP contribution in [0, 0.1) is 10.1 Å². The molecule has 0 N–H and O–H groups in total. The van der Waals surface area contributed by atoms with Crippen molar-refractivity contribution in [3.63, 3.8) is 0 Å². The van der Waals surface area contributed by atoms with E-state index in [9.17, 15) is 14.9 Å². The topological polar surface area (TPSA) is 72.7 Å². The van der Waals surface area contributed by atoms with Crippen LogP contribution >= 0.6 is 11.6 Å². The first kappa shape index (κ1) is 11.8. The minimum absolute atomic E-state index is 0.0127. The molecular weight excluding hydrogens is 248 g/mol. The van der Waals surface area contributed by atoms with E-state index in [1.165, 1.54) is 12.1 Å². The molecule has 1 aliphatic heterocycles. The second kappa shape index (κ2) is 4.68. The second-order valence-corrected chi connectivity index (χ2v) is 3.95. The van der Waals surface area contributed by atoms with E-state index in [0.717, 1.165) is 17.6 Å². The van der Waals surface area contributed by atoms with Crippen LogP contribution in [-0.4, -0.2) is 29.0 Å². The molecule has 2 rings (SSSR count). The van der Waals surface area contributed by atoms with Gasteiger partial charge < -0.3 is 0 Å². The van der Waals surface area contributed by atoms with E-state index < -0.39 is 10.8 Å². The maximum Gasteiger partial charge on any atom is 0.284 e. The number of nitro benzene ring substituents is 1. The minimum Gasteiger partial charge on any atom is -0.271 e. The molecule has 7 heteroatoms. The summed E-state index contributed by atoms with van der Waals surface area (Å²) in [5.41, 5.74) is -0.320. The molecule has 6 nitrogen and oxygen atoms in total. The summed E-state index contributed by atoms with van der Waals surface area (Å²) in [7, 11) is 0. The molecule has 17 heavy (non-hydrogen) atoms. The molecule has 1 aromatic rings. The van der Waals surface area contributed by atoms with Gasteiger partial charge >= 0.3 is 0 Å². The summed E-state index contributed by atoms with van der Waals surface area (Å²) >= 11 is 5.66. The number of nitro groups is 1. The first-order chi connectivity index (χ1) is 8.09. The van der Waals surface area contributed by atoms with Gasteiger partial charge in [0.2, 0.25) is 0 Å². The molecule has 90 valence electrons. The number of rotatable bonds is 2. The Kier molecular flexibility index (Phi) is 3.26. The smallest absolute Gasteiger partial charge is 0.271 e. The quantitative estimate of drug-likeness (QED) is 0.599. The van der Waals surface area contributed by atoms with Crippen LogP contribution in [0.1, 0.15) is 16.8 Å². The SMILES string of the molecule is O=C(c1ccc(Cl)cc1[N+](=O)[O-])N1CCCO1. The second-order valence-electron chi connectivity index (χ2n) is 3.51. The van der Waals surface area contributed by atoms with E-state index in [2.05, 4.69) is 0 Å². The van der Waals surface area contributed by atoms with Crippen LogP contribution in [0.2, 0.25) is 5.02 Å². The highest BCUT2D eigenvalue weighted by atomic mass is 35.5. The minimum atomic E-state index is -0.630. The van der Waals surface area contributed by atoms with Crippen molar-refractivity contribution in [2.45, 2.75) is 6.42 Å². The molecule has 0 saturated carbocycles. The fourth-order valence-electron chi connectivity index (χ4n) is 1.58. The number of amides is 1. The van der Waals surface area contributed by atoms with Gasteiger partial charge in [-0.2, -0.15) is 0 Å². The normalized spacial score (nSPS) is 15.0. The van der Waals surface area contributed by atoms with Crippen molar-refractivity contribution < 1.29 is 14.6 Å². The number of hydrogen-bond donors (Lipinski definition) is 0. The Hall–Kier alpha value is -1.66. The van der Waals surface area contributed by atoms with Gasteiger partial charge in [0.15, 0.2) is 0 Å². The predicted octanol–water partition coefficient (Wildman–Crippen LogP) is 2.03. The number of halogens is 1. The number of nitrogens with zero attached hydrogens (tertiary/aromatic N) is 2. The van der Waals surface area contributed by atoms with E-state index in [-0.39, 0.29) is 16.3 Å². The van der Waals surface area contributed by atoms with Crippen LogP contribution in [0.3, 0.4) is 0 Å². The van der Waals surface area contributed by atoms with Crippen LogP contribution in [0.5, 0.6) is 0 Å². The zero-order valence-electron chi connectivity index (χ0n) is 8.76. The highest BCUT2D eigenvalue weighted by Crippen LogP contribution is 2.25. The van der Waals surface area contributed by atoms with Crippen LogP contribution in [-0.2, 0) is 4.84 Å². The van der Waals surface area contributed by atoms with Crippen molar-refractivity contribution in [1.29, 1.82) is 0 Å². The molecule has 1 saturated heterocycles. The van der Waals surface area contributed by atoms with Crippen molar-refractivity contribution in [2.75, 3.05) is 13.2 Å². The molecule has 0 aromatic heterocycles. The average molecular weight is 257 g/mol. The lowest BCUT2D eigenvalue weighted by Crippen LogP contribution is -2.27. The van der Waals surface area contributed by atoms with Crippen LogP contribution in [0.15, 0.2) is 18.2 Å². The largest absolute Gasteiger partial charge is 0.284 e. The maximum atomic E-state index is 11.9. The summed E-state index contributed by atoms with van der Waals surface area (Å²) in [6.45, 7) is 0.895. The first-order valence-corrected chi connectivity index (χ1v) is 5.36. The Morgan fingerprint density at radius 1 is 1.53 bits per heavy atom. The van der Waals surface area contributed by atoms with Crippen molar-refractivity contribution in [2.24, 2.45) is 0 Å². The van der Waals surface area contributed by atoms with Gasteiger partial charge in [-0.25, -0.2) is 5.06 Å². The van der Waals surface area contributed by atoms with Gasteiger partial charge in [0, 0.05) is 11.1 Å². The summed E-state index contributed by atoms with van der Waals surface area (Å²) in [4.78, 5) is 27.2. The molecule has 0 radical (unpaired) electrons. The maximum absolute atomic E-state index is 11.9. The van der Waals surface area contributed by atoms with Crippen molar-refractivity contribution in [1.82, 2.24) is 5.06 Å². The third-order valence-electron chi connectivity index (χ3n) is 2.37. The highest BCUT2D eigenvalue weighted by molar-refractivity contribution is 6.31. The summed E-state index contributed by atoms with van der Waals surface area (Å²) in [6.07, 6.45) is 0.729. The van der Waals surface area contributed by atoms with E-state index in [0.29, 0.717) is 13.2 Å². The monoisotopic (exact) mass is 256 g/mol. The van der Waals surface area contributed by atoms with Gasteiger partial charge in [-0.15, -0.1) is 0 Å². The molecule has 1 heterocycles. The fraction of sp³-hybridized carbons (Fsp3) is 0.300. The van der Waals surface area contributed by atoms with Crippen LogP contribution < -0.4 is 0 Å². The zero-order valence-corrected chi connectivity index (χ0v) is 9.51. The molecule has 1 aliphatic rings. The third-order valence-corrected chi connectivity index (χ3v) is 2.60. The van der Waals surface area contributed by atoms with E-state index >= 15 is 0 Å². The molecule has 1 amide bonds. The van der Waals surface area contributed by atoms with Crippen molar-refractivity contribution >= 4 is 23.2 Å². The summed E-state index contributed by atoms with van der Waals surface area (Å²) in [5, 5.41) is 12.2. The molecule has 1 fully saturated rings. The number of carbonyl (C=O) groups is 1. The number of benzene rings is 1. The summed E-state index contributed by atoms with van der Waals surface area (Å²) in [5.74, 6) is -0.508. The lowest BCUT2D eigenvalue weighted by Gasteiger charge is -2.13. The molecular formula is C10H9ClN2O4. The Labute approximate surface area is 102 Å². The van der Waals surface area contributed by atoms with Gasteiger partial charge in [-0.1, -0.05) is 11.6 Å². The standard InChI is InChI=1S/C10H9ClN2O4/c11-7-2-3-8(9(6-7)13(15)16)10(14)12-4-1-5-17-12/h2-3,6H,1,4-5H2. The van der Waals surface area contributed by atoms with Gasteiger partial charge in [0.1, 0.15) is 5.56 Å². The number of carbonyl (C=O) groups excluding carboxylic acids is 1. The third kappa shape index (κ3) is 2.37. The van der Waals surface area contributed by atoms with E-state index in [1.54, 1.807) is 0 Å². The van der Waals surface area contributed by atoms with Gasteiger partial charge in [-0.3, -0.25) is 19.7 Å². The molecule has 0 unspecified atom stereocenters. The highest BCUT2D eigenvalue weighted by Gasteiger charge is 2.27. The molecule has 0 aliphatic carbocycles. The Morgan fingerprint density at radius 2 is 2.29 bits per heavy atom. The molecule has 0 spiro atoms. The van der Waals surface area contributed by atoms with Crippen LogP contribution in [0.4, 0.5) is 5.69 Å². The van der Waals surface area contributed by atoms with E-state index in [4.69, 9.17) is 16.4 Å². The lowest BCUT2D eigenvalue weighted by molar-refractivity contribution is -0.385. The summed E-state index contributed by atoms with van der Waals surface area (Å²) in [6, 6.07) is 3.94. The first-order valence-electron chi connectivity index (χ1n) is 4.98. The van der Waals surface area contributed by atoms with Crippen molar-refractivity contribution in [3.05, 3.63) is 38.9 Å². The molecule has 0 bridgehead atoms. The van der Waals surface area contributed by atoms with Gasteiger partial charge in [0.05, 0.1) is 18.1 Å². The number of hydrogen-bond acceptors (Lipinski definition) is 4. The Balaban J connectivity index is 2.36. The zero-order chi connectivity index (χ0) is 12.4. The fourth-order valence-corrected chi connectivity index (χ4v) is 1.75. The molecule has 0 atom stereocenters. The Bertz CT molecular complexity index is 471. The van der Waals surface area contributed by atoms with Gasteiger partial charge in [0.25, 0.3) is 11.6 Å². The lowest BCUT2D eigenvalue weighted by atomic mass is 10.1. The van der Waals surface area contributed by atoms with Gasteiger partial charge in [-0.05, 0) is 18.6 Å². The van der Waals surface area contributed by atoms with Crippen molar-refractivity contribution in [3.8, 4) is 0 Å².